The molecule has 0 aliphatic carbocycles. The van der Waals surface area contributed by atoms with Gasteiger partial charge in [0.1, 0.15) is 5.75 Å². The van der Waals surface area contributed by atoms with Gasteiger partial charge >= 0.3 is 0 Å². The maximum absolute atomic E-state index is 11.5. The van der Waals surface area contributed by atoms with Crippen LogP contribution in [0.2, 0.25) is 0 Å². The van der Waals surface area contributed by atoms with E-state index in [1.165, 1.54) is 6.07 Å². The van der Waals surface area contributed by atoms with E-state index >= 15 is 0 Å². The van der Waals surface area contributed by atoms with E-state index in [0.29, 0.717) is 42.4 Å². The van der Waals surface area contributed by atoms with Crippen LogP contribution in [-0.2, 0) is 19.7 Å². The summed E-state index contributed by atoms with van der Waals surface area (Å²) < 4.78 is 46.1. The summed E-state index contributed by atoms with van der Waals surface area (Å²) >= 11 is 10.5. The first kappa shape index (κ1) is 24.0. The van der Waals surface area contributed by atoms with Gasteiger partial charge in [-0.15, -0.1) is 0 Å². The van der Waals surface area contributed by atoms with E-state index in [2.05, 4.69) is 21.3 Å². The highest BCUT2D eigenvalue weighted by molar-refractivity contribution is 7.91. The van der Waals surface area contributed by atoms with E-state index < -0.39 is 19.7 Å². The van der Waals surface area contributed by atoms with Gasteiger partial charge in [0.05, 0.1) is 28.7 Å². The topological polar surface area (TPSA) is 137 Å². The standard InChI is InChI=1S/C18H26N4O5S4/c23-16-2-1-14(21-17(28)19-8-12-3-5-30(24,25)10-12)7-15(16)22-18(29)20-9-13-4-6-31(26,27)11-13/h1-2,7,12-13,23H,3-6,8-11H2,(H2,19,21,28)(H2,20,22,29). The Hall–Kier alpha value is -1.70. The molecule has 1 aromatic rings. The number of thiocarbonyl (C=S) groups is 2. The van der Waals surface area contributed by atoms with Crippen molar-refractivity contribution in [3.63, 3.8) is 0 Å². The number of nitrogens with one attached hydrogen (secondary N) is 4. The zero-order valence-electron chi connectivity index (χ0n) is 16.8. The van der Waals surface area contributed by atoms with Crippen LogP contribution in [-0.4, -0.2) is 68.3 Å². The second-order valence-electron chi connectivity index (χ2n) is 7.94. The summed E-state index contributed by atoms with van der Waals surface area (Å²) in [6.07, 6.45) is 1.24. The number of benzene rings is 1. The second kappa shape index (κ2) is 9.84. The monoisotopic (exact) mass is 506 g/mol. The molecular weight excluding hydrogens is 480 g/mol. The Labute approximate surface area is 193 Å². The van der Waals surface area contributed by atoms with Crippen molar-refractivity contribution < 1.29 is 21.9 Å². The molecule has 31 heavy (non-hydrogen) atoms. The third-order valence-corrected chi connectivity index (χ3v) is 9.43. The van der Waals surface area contributed by atoms with Crippen molar-refractivity contribution in [1.29, 1.82) is 0 Å². The van der Waals surface area contributed by atoms with Gasteiger partial charge in [0.2, 0.25) is 0 Å². The highest BCUT2D eigenvalue weighted by Crippen LogP contribution is 2.27. The van der Waals surface area contributed by atoms with E-state index in [4.69, 9.17) is 24.4 Å². The van der Waals surface area contributed by atoms with E-state index in [-0.39, 0.29) is 45.7 Å². The molecule has 1 aromatic carbocycles. The molecular formula is C18H26N4O5S4. The first-order valence-corrected chi connectivity index (χ1v) is 14.3. The van der Waals surface area contributed by atoms with Gasteiger partial charge in [0.25, 0.3) is 0 Å². The number of hydrogen-bond donors (Lipinski definition) is 5. The number of hydrogen-bond acceptors (Lipinski definition) is 7. The first-order chi connectivity index (χ1) is 14.5. The quantitative estimate of drug-likeness (QED) is 0.213. The average molecular weight is 507 g/mol. The van der Waals surface area contributed by atoms with Gasteiger partial charge < -0.3 is 26.4 Å². The van der Waals surface area contributed by atoms with Crippen molar-refractivity contribution in [3.8, 4) is 5.75 Å². The molecule has 0 bridgehead atoms. The Morgan fingerprint density at radius 3 is 1.90 bits per heavy atom. The van der Waals surface area contributed by atoms with Crippen molar-refractivity contribution in [2.45, 2.75) is 12.8 Å². The van der Waals surface area contributed by atoms with Gasteiger partial charge in [0.15, 0.2) is 29.9 Å². The highest BCUT2D eigenvalue weighted by Gasteiger charge is 2.28. The van der Waals surface area contributed by atoms with Crippen LogP contribution in [0, 0.1) is 11.8 Å². The van der Waals surface area contributed by atoms with Crippen LogP contribution in [0.25, 0.3) is 0 Å². The molecule has 0 saturated carbocycles. The molecule has 0 spiro atoms. The lowest BCUT2D eigenvalue weighted by atomic mass is 10.1. The van der Waals surface area contributed by atoms with Crippen molar-refractivity contribution >= 4 is 65.7 Å². The van der Waals surface area contributed by atoms with Crippen molar-refractivity contribution in [1.82, 2.24) is 10.6 Å². The molecule has 2 saturated heterocycles. The lowest BCUT2D eigenvalue weighted by molar-refractivity contribution is 0.478. The predicted molar refractivity (Wildman–Crippen MR) is 130 cm³/mol. The van der Waals surface area contributed by atoms with Gasteiger partial charge in [-0.05, 0) is 67.3 Å². The first-order valence-electron chi connectivity index (χ1n) is 9.85. The van der Waals surface area contributed by atoms with Crippen molar-refractivity contribution in [2.75, 3.05) is 46.7 Å². The van der Waals surface area contributed by atoms with E-state index in [0.717, 1.165) is 0 Å². The molecule has 2 heterocycles. The minimum atomic E-state index is -2.94. The molecule has 3 rings (SSSR count). The van der Waals surface area contributed by atoms with Gasteiger partial charge in [-0.1, -0.05) is 0 Å². The fourth-order valence-corrected chi connectivity index (χ4v) is 7.71. The SMILES string of the molecule is O=S1(=O)CCC(CNC(=S)Nc2ccc(O)c(NC(=S)NCC3CCS(=O)(=O)C3)c2)C1. The van der Waals surface area contributed by atoms with Crippen LogP contribution < -0.4 is 21.3 Å². The minimum Gasteiger partial charge on any atom is -0.506 e. The summed E-state index contributed by atoms with van der Waals surface area (Å²) in [6.45, 7) is 0.911. The molecule has 2 unspecified atom stereocenters. The highest BCUT2D eigenvalue weighted by atomic mass is 32.2. The predicted octanol–water partition coefficient (Wildman–Crippen LogP) is 0.834. The van der Waals surface area contributed by atoms with E-state index in [9.17, 15) is 21.9 Å². The minimum absolute atomic E-state index is 0.00631. The maximum atomic E-state index is 11.5. The number of rotatable bonds is 6. The van der Waals surface area contributed by atoms with Gasteiger partial charge in [-0.25, -0.2) is 16.8 Å². The molecule has 2 fully saturated rings. The number of anilines is 2. The Balaban J connectivity index is 1.47. The van der Waals surface area contributed by atoms with Gasteiger partial charge in [0, 0.05) is 18.8 Å². The third kappa shape index (κ3) is 7.44. The summed E-state index contributed by atoms with van der Waals surface area (Å²) in [5, 5.41) is 22.7. The van der Waals surface area contributed by atoms with Crippen LogP contribution in [0.15, 0.2) is 18.2 Å². The van der Waals surface area contributed by atoms with Crippen molar-refractivity contribution in [3.05, 3.63) is 18.2 Å². The van der Waals surface area contributed by atoms with Crippen LogP contribution >= 0.6 is 24.4 Å². The Morgan fingerprint density at radius 1 is 0.903 bits per heavy atom. The van der Waals surface area contributed by atoms with Crippen LogP contribution in [0.1, 0.15) is 12.8 Å². The Morgan fingerprint density at radius 2 is 1.42 bits per heavy atom. The second-order valence-corrected chi connectivity index (χ2v) is 13.2. The summed E-state index contributed by atoms with van der Waals surface area (Å²) in [4.78, 5) is 0. The molecule has 13 heteroatoms. The molecule has 9 nitrogen and oxygen atoms in total. The number of phenols is 1. The molecule has 0 amide bonds. The summed E-state index contributed by atoms with van der Waals surface area (Å²) in [5.41, 5.74) is 0.979. The molecule has 172 valence electrons. The zero-order valence-corrected chi connectivity index (χ0v) is 20.0. The van der Waals surface area contributed by atoms with Crippen molar-refractivity contribution in [2.24, 2.45) is 11.8 Å². The average Bonchev–Trinajstić information content (AvgIpc) is 3.21. The lowest BCUT2D eigenvalue weighted by Gasteiger charge is -2.16. The summed E-state index contributed by atoms with van der Waals surface area (Å²) in [6, 6.07) is 4.77. The molecule has 2 aliphatic rings. The normalized spacial score (nSPS) is 23.7. The smallest absolute Gasteiger partial charge is 0.170 e. The van der Waals surface area contributed by atoms with Gasteiger partial charge in [-0.2, -0.15) is 0 Å². The Kier molecular flexibility index (Phi) is 7.60. The number of sulfone groups is 2. The van der Waals surface area contributed by atoms with Crippen LogP contribution in [0.3, 0.4) is 0 Å². The van der Waals surface area contributed by atoms with E-state index in [1.807, 2.05) is 0 Å². The van der Waals surface area contributed by atoms with E-state index in [1.54, 1.807) is 12.1 Å². The summed E-state index contributed by atoms with van der Waals surface area (Å²) in [7, 11) is -5.87. The molecule has 0 radical (unpaired) electrons. The molecule has 2 atom stereocenters. The molecule has 0 aromatic heterocycles. The molecule has 5 N–H and O–H groups in total. The number of phenolic OH excluding ortho intramolecular Hbond substituents is 1. The molecule has 2 aliphatic heterocycles. The maximum Gasteiger partial charge on any atom is 0.170 e. The van der Waals surface area contributed by atoms with Gasteiger partial charge in [-0.3, -0.25) is 0 Å². The largest absolute Gasteiger partial charge is 0.506 e. The third-order valence-electron chi connectivity index (χ3n) is 5.26. The zero-order chi connectivity index (χ0) is 22.6. The fraction of sp³-hybridized carbons (Fsp3) is 0.556. The summed E-state index contributed by atoms with van der Waals surface area (Å²) in [5.74, 6) is 0.811. The lowest BCUT2D eigenvalue weighted by Crippen LogP contribution is -2.34. The Bertz CT molecular complexity index is 1060. The fourth-order valence-electron chi connectivity index (χ4n) is 3.60. The number of aromatic hydroxyl groups is 1. The van der Waals surface area contributed by atoms with Crippen LogP contribution in [0.4, 0.5) is 11.4 Å². The van der Waals surface area contributed by atoms with Crippen LogP contribution in [0.5, 0.6) is 5.75 Å².